The summed E-state index contributed by atoms with van der Waals surface area (Å²) in [5.41, 5.74) is 2.29. The van der Waals surface area contributed by atoms with Gasteiger partial charge in [-0.2, -0.15) is 5.26 Å². The molecule has 0 saturated heterocycles. The predicted molar refractivity (Wildman–Crippen MR) is 106 cm³/mol. The normalized spacial score (nSPS) is 30.1. The van der Waals surface area contributed by atoms with Crippen LogP contribution in [0.4, 0.5) is 5.00 Å². The number of carbonyl (C=O) groups is 1. The lowest BCUT2D eigenvalue weighted by Crippen LogP contribution is -2.28. The van der Waals surface area contributed by atoms with Crippen LogP contribution in [0, 0.1) is 40.4 Å². The molecule has 2 bridgehead atoms. The van der Waals surface area contributed by atoms with Crippen molar-refractivity contribution < 1.29 is 4.79 Å². The van der Waals surface area contributed by atoms with Gasteiger partial charge in [0.15, 0.2) is 0 Å². The Labute approximate surface area is 161 Å². The second kappa shape index (κ2) is 6.68. The smallest absolute Gasteiger partial charge is 0.228 e. The highest BCUT2D eigenvalue weighted by Crippen LogP contribution is 2.49. The van der Waals surface area contributed by atoms with Gasteiger partial charge in [-0.15, -0.1) is 11.3 Å². The minimum absolute atomic E-state index is 0.165. The molecule has 2 saturated carbocycles. The van der Waals surface area contributed by atoms with Crippen LogP contribution < -0.4 is 5.32 Å². The lowest BCUT2D eigenvalue weighted by atomic mass is 9.69. The van der Waals surface area contributed by atoms with Crippen LogP contribution in [-0.4, -0.2) is 5.91 Å². The van der Waals surface area contributed by atoms with Gasteiger partial charge in [0.25, 0.3) is 0 Å². The number of rotatable bonds is 4. The molecule has 1 aromatic rings. The SMILES string of the molecule is CCC(C)(C)[C@H]1CCc2c(sc(NC(=O)[C@@H]3C[C@@H]4CC[C@@H]3C4)c2C#N)C1. The Morgan fingerprint density at radius 1 is 1.31 bits per heavy atom. The molecule has 0 spiro atoms. The molecule has 2 fully saturated rings. The van der Waals surface area contributed by atoms with Crippen LogP contribution in [0.25, 0.3) is 0 Å². The van der Waals surface area contributed by atoms with Crippen LogP contribution in [0.5, 0.6) is 0 Å². The average Bonchev–Trinajstić information content (AvgIpc) is 3.34. The molecule has 4 heteroatoms. The number of hydrogen-bond donors (Lipinski definition) is 1. The first-order chi connectivity index (χ1) is 12.4. The van der Waals surface area contributed by atoms with Crippen molar-refractivity contribution in [2.24, 2.45) is 29.1 Å². The van der Waals surface area contributed by atoms with Gasteiger partial charge in [-0.1, -0.05) is 33.6 Å². The van der Waals surface area contributed by atoms with Gasteiger partial charge in [-0.25, -0.2) is 0 Å². The van der Waals surface area contributed by atoms with E-state index in [2.05, 4.69) is 32.2 Å². The summed E-state index contributed by atoms with van der Waals surface area (Å²) >= 11 is 1.67. The molecule has 0 aromatic carbocycles. The van der Waals surface area contributed by atoms with Gasteiger partial charge in [-0.05, 0) is 67.3 Å². The fourth-order valence-corrected chi connectivity index (χ4v) is 6.80. The van der Waals surface area contributed by atoms with Gasteiger partial charge < -0.3 is 5.32 Å². The molecule has 0 unspecified atom stereocenters. The van der Waals surface area contributed by atoms with Crippen molar-refractivity contribution >= 4 is 22.2 Å². The van der Waals surface area contributed by atoms with E-state index in [-0.39, 0.29) is 11.8 Å². The fourth-order valence-electron chi connectivity index (χ4n) is 5.52. The highest BCUT2D eigenvalue weighted by Gasteiger charge is 2.43. The van der Waals surface area contributed by atoms with Crippen molar-refractivity contribution in [2.45, 2.75) is 72.1 Å². The van der Waals surface area contributed by atoms with Crippen molar-refractivity contribution in [1.29, 1.82) is 5.26 Å². The van der Waals surface area contributed by atoms with Gasteiger partial charge in [0, 0.05) is 10.8 Å². The Bertz CT molecular complexity index is 757. The van der Waals surface area contributed by atoms with E-state index < -0.39 is 0 Å². The first-order valence-corrected chi connectivity index (χ1v) is 11.1. The van der Waals surface area contributed by atoms with Crippen LogP contribution in [0.3, 0.4) is 0 Å². The summed E-state index contributed by atoms with van der Waals surface area (Å²) in [7, 11) is 0. The molecule has 3 aliphatic carbocycles. The van der Waals surface area contributed by atoms with Crippen LogP contribution in [0.15, 0.2) is 0 Å². The average molecular weight is 371 g/mol. The van der Waals surface area contributed by atoms with E-state index >= 15 is 0 Å². The number of fused-ring (bicyclic) bond motifs is 3. The number of carbonyl (C=O) groups excluding carboxylic acids is 1. The Kier molecular flexibility index (Phi) is 4.63. The van der Waals surface area contributed by atoms with E-state index in [9.17, 15) is 10.1 Å². The number of nitrogens with one attached hydrogen (secondary N) is 1. The molecule has 4 rings (SSSR count). The minimum atomic E-state index is 0.165. The van der Waals surface area contributed by atoms with Crippen LogP contribution in [0.2, 0.25) is 0 Å². The molecule has 0 aliphatic heterocycles. The zero-order valence-corrected chi connectivity index (χ0v) is 17.0. The van der Waals surface area contributed by atoms with Crippen molar-refractivity contribution in [3.8, 4) is 6.07 Å². The molecule has 1 aromatic heterocycles. The van der Waals surface area contributed by atoms with E-state index in [4.69, 9.17) is 0 Å². The van der Waals surface area contributed by atoms with Crippen LogP contribution >= 0.6 is 11.3 Å². The van der Waals surface area contributed by atoms with Gasteiger partial charge in [0.2, 0.25) is 5.91 Å². The Hall–Kier alpha value is -1.34. The predicted octanol–water partition coefficient (Wildman–Crippen LogP) is 5.54. The van der Waals surface area contributed by atoms with Crippen molar-refractivity contribution in [3.05, 3.63) is 16.0 Å². The van der Waals surface area contributed by atoms with Gasteiger partial charge in [0.05, 0.1) is 5.56 Å². The number of hydrogen-bond acceptors (Lipinski definition) is 3. The highest BCUT2D eigenvalue weighted by molar-refractivity contribution is 7.16. The van der Waals surface area contributed by atoms with Crippen LogP contribution in [-0.2, 0) is 17.6 Å². The molecule has 0 radical (unpaired) electrons. The molecule has 140 valence electrons. The van der Waals surface area contributed by atoms with Crippen molar-refractivity contribution in [3.63, 3.8) is 0 Å². The lowest BCUT2D eigenvalue weighted by molar-refractivity contribution is -0.121. The Balaban J connectivity index is 1.53. The number of amides is 1. The Morgan fingerprint density at radius 2 is 2.12 bits per heavy atom. The van der Waals surface area contributed by atoms with Crippen molar-refractivity contribution in [2.75, 3.05) is 5.32 Å². The second-order valence-corrected chi connectivity index (χ2v) is 10.5. The van der Waals surface area contributed by atoms with E-state index in [0.29, 0.717) is 17.3 Å². The monoisotopic (exact) mass is 370 g/mol. The summed E-state index contributed by atoms with van der Waals surface area (Å²) in [5, 5.41) is 13.7. The zero-order chi connectivity index (χ0) is 18.5. The fraction of sp³-hybridized carbons (Fsp3) is 0.727. The third-order valence-electron chi connectivity index (χ3n) is 7.71. The molecule has 1 N–H and O–H groups in total. The maximum absolute atomic E-state index is 12.8. The molecular formula is C22H30N2OS. The number of thiophene rings is 1. The standard InChI is InChI=1S/C22H30N2OS/c1-4-22(2,3)15-7-8-16-18(12-23)21(26-19(16)11-15)24-20(25)17-10-13-5-6-14(17)9-13/h13-15,17H,4-11H2,1-3H3,(H,24,25)/t13-,14-,15+,17-/m1/s1. The second-order valence-electron chi connectivity index (χ2n) is 9.37. The summed E-state index contributed by atoms with van der Waals surface area (Å²) < 4.78 is 0. The maximum atomic E-state index is 12.8. The maximum Gasteiger partial charge on any atom is 0.228 e. The zero-order valence-electron chi connectivity index (χ0n) is 16.2. The molecular weight excluding hydrogens is 340 g/mol. The molecule has 1 heterocycles. The summed E-state index contributed by atoms with van der Waals surface area (Å²) in [6.45, 7) is 6.99. The quantitative estimate of drug-likeness (QED) is 0.757. The first kappa shape index (κ1) is 18.0. The van der Waals surface area contributed by atoms with Crippen molar-refractivity contribution in [1.82, 2.24) is 0 Å². The number of nitriles is 1. The number of anilines is 1. The minimum Gasteiger partial charge on any atom is -0.316 e. The summed E-state index contributed by atoms with van der Waals surface area (Å²) in [6.07, 6.45) is 9.17. The largest absolute Gasteiger partial charge is 0.316 e. The summed E-state index contributed by atoms with van der Waals surface area (Å²) in [6, 6.07) is 2.40. The lowest BCUT2D eigenvalue weighted by Gasteiger charge is -2.36. The molecule has 26 heavy (non-hydrogen) atoms. The topological polar surface area (TPSA) is 52.9 Å². The third kappa shape index (κ3) is 2.99. The van der Waals surface area contributed by atoms with E-state index in [1.165, 1.54) is 36.1 Å². The first-order valence-electron chi connectivity index (χ1n) is 10.3. The molecule has 4 atom stereocenters. The van der Waals surface area contributed by atoms with Gasteiger partial charge in [-0.3, -0.25) is 4.79 Å². The van der Waals surface area contributed by atoms with E-state index in [1.54, 1.807) is 11.3 Å². The van der Waals surface area contributed by atoms with E-state index in [1.807, 2.05) is 0 Å². The highest BCUT2D eigenvalue weighted by atomic mass is 32.1. The summed E-state index contributed by atoms with van der Waals surface area (Å²) in [4.78, 5) is 14.2. The molecule has 1 amide bonds. The number of nitrogens with zero attached hydrogens (tertiary/aromatic N) is 1. The molecule has 3 nitrogen and oxygen atoms in total. The van der Waals surface area contributed by atoms with Gasteiger partial charge >= 0.3 is 0 Å². The van der Waals surface area contributed by atoms with E-state index in [0.717, 1.165) is 42.2 Å². The Morgan fingerprint density at radius 3 is 2.73 bits per heavy atom. The van der Waals surface area contributed by atoms with Crippen LogP contribution in [0.1, 0.15) is 75.3 Å². The van der Waals surface area contributed by atoms with Gasteiger partial charge in [0.1, 0.15) is 11.1 Å². The molecule has 3 aliphatic rings. The third-order valence-corrected chi connectivity index (χ3v) is 8.87. The summed E-state index contributed by atoms with van der Waals surface area (Å²) in [5.74, 6) is 2.35.